The number of phenolic OH excluding ortho intramolecular Hbond substituents is 1. The van der Waals surface area contributed by atoms with E-state index in [-0.39, 0.29) is 22.5 Å². The lowest BCUT2D eigenvalue weighted by Gasteiger charge is -2.26. The van der Waals surface area contributed by atoms with Crippen molar-refractivity contribution in [3.63, 3.8) is 0 Å². The molecule has 1 aliphatic heterocycles. The lowest BCUT2D eigenvalue weighted by atomic mass is 9.84. The van der Waals surface area contributed by atoms with Crippen LogP contribution >= 0.6 is 0 Å². The Morgan fingerprint density at radius 1 is 1.09 bits per heavy atom. The monoisotopic (exact) mass is 465 g/mol. The molecule has 1 atom stereocenters. The SMILES string of the molecule is CCCCCN1C(=O)C(=O)/C(=C(/O)c2cc(C(C)(C)C)ccc2C)C1c1ccc(OC)c(O)c1. The number of likely N-dealkylation sites (tertiary alicyclic amines) is 1. The predicted octanol–water partition coefficient (Wildman–Crippen LogP) is 5.62. The Bertz CT molecular complexity index is 1130. The normalized spacial score (nSPS) is 17.9. The summed E-state index contributed by atoms with van der Waals surface area (Å²) in [5, 5.41) is 21.9. The number of amides is 1. The predicted molar refractivity (Wildman–Crippen MR) is 133 cm³/mol. The number of carbonyl (C=O) groups excluding carboxylic acids is 2. The van der Waals surface area contributed by atoms with Gasteiger partial charge in [-0.15, -0.1) is 0 Å². The Hall–Kier alpha value is -3.28. The summed E-state index contributed by atoms with van der Waals surface area (Å²) in [6, 6.07) is 9.82. The van der Waals surface area contributed by atoms with Crippen molar-refractivity contribution < 1.29 is 24.5 Å². The number of carbonyl (C=O) groups is 2. The van der Waals surface area contributed by atoms with Crippen LogP contribution in [0, 0.1) is 6.92 Å². The summed E-state index contributed by atoms with van der Waals surface area (Å²) in [5.74, 6) is -1.34. The number of ketones is 1. The molecule has 6 heteroatoms. The van der Waals surface area contributed by atoms with Gasteiger partial charge in [-0.3, -0.25) is 9.59 Å². The molecular formula is C28H35NO5. The number of phenols is 1. The van der Waals surface area contributed by atoms with Gasteiger partial charge in [0.15, 0.2) is 11.5 Å². The molecule has 1 aliphatic rings. The van der Waals surface area contributed by atoms with Gasteiger partial charge in [-0.2, -0.15) is 0 Å². The van der Waals surface area contributed by atoms with E-state index in [9.17, 15) is 19.8 Å². The maximum absolute atomic E-state index is 13.3. The minimum absolute atomic E-state index is 0.0419. The summed E-state index contributed by atoms with van der Waals surface area (Å²) in [7, 11) is 1.45. The molecule has 2 N–H and O–H groups in total. The molecule has 0 radical (unpaired) electrons. The second-order valence-electron chi connectivity index (χ2n) is 9.91. The second kappa shape index (κ2) is 9.92. The van der Waals surface area contributed by atoms with Crippen LogP contribution in [0.2, 0.25) is 0 Å². The molecular weight excluding hydrogens is 430 g/mol. The van der Waals surface area contributed by atoms with Crippen molar-refractivity contribution in [2.45, 2.75) is 65.3 Å². The number of nitrogens with zero attached hydrogens (tertiary/aromatic N) is 1. The Morgan fingerprint density at radius 2 is 1.79 bits per heavy atom. The van der Waals surface area contributed by atoms with Crippen LogP contribution in [0.4, 0.5) is 0 Å². The van der Waals surface area contributed by atoms with Gasteiger partial charge in [-0.25, -0.2) is 0 Å². The van der Waals surface area contributed by atoms with Crippen LogP contribution in [0.3, 0.4) is 0 Å². The third-order valence-corrected chi connectivity index (χ3v) is 6.42. The smallest absolute Gasteiger partial charge is 0.295 e. The van der Waals surface area contributed by atoms with Crippen LogP contribution in [-0.2, 0) is 15.0 Å². The number of methoxy groups -OCH3 is 1. The highest BCUT2D eigenvalue weighted by Crippen LogP contribution is 2.42. The molecule has 1 fully saturated rings. The quantitative estimate of drug-likeness (QED) is 0.240. The Kier molecular flexibility index (Phi) is 7.39. The number of rotatable bonds is 7. The Balaban J connectivity index is 2.22. The summed E-state index contributed by atoms with van der Waals surface area (Å²) in [6.07, 6.45) is 2.62. The number of aliphatic hydroxyl groups excluding tert-OH is 1. The molecule has 1 amide bonds. The highest BCUT2D eigenvalue weighted by atomic mass is 16.5. The van der Waals surface area contributed by atoms with Crippen LogP contribution in [0.25, 0.3) is 5.76 Å². The van der Waals surface area contributed by atoms with Gasteiger partial charge in [0.25, 0.3) is 11.7 Å². The molecule has 0 aromatic heterocycles. The summed E-state index contributed by atoms with van der Waals surface area (Å²) >= 11 is 0. The van der Waals surface area contributed by atoms with E-state index in [0.717, 1.165) is 30.4 Å². The van der Waals surface area contributed by atoms with Gasteiger partial charge in [0.05, 0.1) is 18.7 Å². The van der Waals surface area contributed by atoms with Crippen LogP contribution in [0.15, 0.2) is 42.0 Å². The van der Waals surface area contributed by atoms with Crippen molar-refractivity contribution >= 4 is 17.4 Å². The molecule has 2 aromatic carbocycles. The first-order valence-corrected chi connectivity index (χ1v) is 11.8. The van der Waals surface area contributed by atoms with E-state index in [1.165, 1.54) is 18.1 Å². The largest absolute Gasteiger partial charge is 0.507 e. The maximum Gasteiger partial charge on any atom is 0.295 e. The van der Waals surface area contributed by atoms with E-state index in [0.29, 0.717) is 23.4 Å². The molecule has 0 saturated carbocycles. The Morgan fingerprint density at radius 3 is 2.38 bits per heavy atom. The fourth-order valence-electron chi connectivity index (χ4n) is 4.36. The summed E-state index contributed by atoms with van der Waals surface area (Å²) in [5.41, 5.74) is 2.77. The summed E-state index contributed by atoms with van der Waals surface area (Å²) < 4.78 is 5.16. The van der Waals surface area contributed by atoms with Gasteiger partial charge in [-0.1, -0.05) is 58.7 Å². The van der Waals surface area contributed by atoms with E-state index in [4.69, 9.17) is 4.74 Å². The average Bonchev–Trinajstić information content (AvgIpc) is 3.03. The third-order valence-electron chi connectivity index (χ3n) is 6.42. The fraction of sp³-hybridized carbons (Fsp3) is 0.429. The van der Waals surface area contributed by atoms with Crippen molar-refractivity contribution in [1.29, 1.82) is 0 Å². The maximum atomic E-state index is 13.3. The van der Waals surface area contributed by atoms with Crippen molar-refractivity contribution in [1.82, 2.24) is 4.90 Å². The highest BCUT2D eigenvalue weighted by Gasteiger charge is 2.46. The first-order chi connectivity index (χ1) is 16.0. The Labute approximate surface area is 201 Å². The van der Waals surface area contributed by atoms with Gasteiger partial charge >= 0.3 is 0 Å². The van der Waals surface area contributed by atoms with Crippen molar-refractivity contribution in [3.05, 3.63) is 64.2 Å². The number of Topliss-reactive ketones (excluding diaryl/α,β-unsaturated/α-hetero) is 1. The van der Waals surface area contributed by atoms with Crippen LogP contribution in [-0.4, -0.2) is 40.5 Å². The molecule has 6 nitrogen and oxygen atoms in total. The van der Waals surface area contributed by atoms with Gasteiger partial charge in [0, 0.05) is 12.1 Å². The summed E-state index contributed by atoms with van der Waals surface area (Å²) in [6.45, 7) is 10.6. The molecule has 1 saturated heterocycles. The second-order valence-corrected chi connectivity index (χ2v) is 9.91. The average molecular weight is 466 g/mol. The van der Waals surface area contributed by atoms with E-state index in [1.807, 2.05) is 25.1 Å². The fourth-order valence-corrected chi connectivity index (χ4v) is 4.36. The topological polar surface area (TPSA) is 87.1 Å². The van der Waals surface area contributed by atoms with Crippen molar-refractivity contribution in [2.75, 3.05) is 13.7 Å². The first-order valence-electron chi connectivity index (χ1n) is 11.8. The molecule has 0 spiro atoms. The van der Waals surface area contributed by atoms with Crippen LogP contribution < -0.4 is 4.74 Å². The number of benzene rings is 2. The molecule has 34 heavy (non-hydrogen) atoms. The standard InChI is InChI=1S/C28H35NO5/c1-7-8-9-14-29-24(18-11-13-22(34-6)21(30)15-18)23(26(32)27(29)33)25(31)20-16-19(28(3,4)5)12-10-17(20)2/h10-13,15-16,24,30-31H,7-9,14H2,1-6H3/b25-23+. The van der Waals surface area contributed by atoms with Crippen LogP contribution in [0.5, 0.6) is 11.5 Å². The third kappa shape index (κ3) is 4.81. The van der Waals surface area contributed by atoms with Crippen LogP contribution in [0.1, 0.15) is 75.3 Å². The van der Waals surface area contributed by atoms with Gasteiger partial charge in [0.2, 0.25) is 0 Å². The number of ether oxygens (including phenoxy) is 1. The number of hydrogen-bond donors (Lipinski definition) is 2. The highest BCUT2D eigenvalue weighted by molar-refractivity contribution is 6.46. The molecule has 1 unspecified atom stereocenters. The van der Waals surface area contributed by atoms with E-state index < -0.39 is 17.7 Å². The zero-order valence-electron chi connectivity index (χ0n) is 20.9. The minimum atomic E-state index is -0.800. The van der Waals surface area contributed by atoms with E-state index in [2.05, 4.69) is 27.7 Å². The molecule has 2 aromatic rings. The number of aromatic hydroxyl groups is 1. The van der Waals surface area contributed by atoms with Crippen molar-refractivity contribution in [2.24, 2.45) is 0 Å². The zero-order chi connectivity index (χ0) is 25.2. The zero-order valence-corrected chi connectivity index (χ0v) is 20.9. The number of hydrogen-bond acceptors (Lipinski definition) is 5. The number of aliphatic hydroxyl groups is 1. The van der Waals surface area contributed by atoms with E-state index in [1.54, 1.807) is 12.1 Å². The van der Waals surface area contributed by atoms with E-state index >= 15 is 0 Å². The minimum Gasteiger partial charge on any atom is -0.507 e. The van der Waals surface area contributed by atoms with Gasteiger partial charge in [0.1, 0.15) is 5.76 Å². The van der Waals surface area contributed by atoms with Crippen molar-refractivity contribution in [3.8, 4) is 11.5 Å². The molecule has 182 valence electrons. The molecule has 0 bridgehead atoms. The molecule has 1 heterocycles. The lowest BCUT2D eigenvalue weighted by Crippen LogP contribution is -2.30. The number of aryl methyl sites for hydroxylation is 1. The lowest BCUT2D eigenvalue weighted by molar-refractivity contribution is -0.139. The molecule has 0 aliphatic carbocycles. The first kappa shape index (κ1) is 25.3. The summed E-state index contributed by atoms with van der Waals surface area (Å²) in [4.78, 5) is 27.9. The van der Waals surface area contributed by atoms with Gasteiger partial charge < -0.3 is 19.8 Å². The van der Waals surface area contributed by atoms with Gasteiger partial charge in [-0.05, 0) is 53.6 Å². The number of unbranched alkanes of at least 4 members (excludes halogenated alkanes) is 2. The molecule has 3 rings (SSSR count).